The topological polar surface area (TPSA) is 89.9 Å². The number of amides is 2. The van der Waals surface area contributed by atoms with Gasteiger partial charge in [0.15, 0.2) is 5.60 Å². The molecule has 0 fully saturated rings. The Balaban J connectivity index is 2.38. The molecule has 1 unspecified atom stereocenters. The van der Waals surface area contributed by atoms with Crippen LogP contribution in [-0.4, -0.2) is 52.9 Å². The van der Waals surface area contributed by atoms with Crippen LogP contribution in [0.2, 0.25) is 0 Å². The Morgan fingerprint density at radius 3 is 2.45 bits per heavy atom. The van der Waals surface area contributed by atoms with E-state index in [1.807, 2.05) is 30.3 Å². The van der Waals surface area contributed by atoms with Crippen LogP contribution in [0.15, 0.2) is 30.3 Å². The van der Waals surface area contributed by atoms with Crippen molar-refractivity contribution < 1.29 is 19.8 Å². The number of aliphatic carboxylic acids is 1. The summed E-state index contributed by atoms with van der Waals surface area (Å²) >= 11 is 0. The Morgan fingerprint density at radius 2 is 1.90 bits per heavy atom. The molecular weight excluding hydrogens is 260 g/mol. The normalized spacial score (nSPS) is 13.3. The van der Waals surface area contributed by atoms with Crippen molar-refractivity contribution in [1.82, 2.24) is 10.2 Å². The molecule has 1 rings (SSSR count). The summed E-state index contributed by atoms with van der Waals surface area (Å²) in [5.74, 6) is -1.37. The average molecular weight is 280 g/mol. The van der Waals surface area contributed by atoms with E-state index < -0.39 is 17.6 Å². The first-order valence-corrected chi connectivity index (χ1v) is 6.31. The number of aliphatic hydroxyl groups is 1. The lowest BCUT2D eigenvalue weighted by Crippen LogP contribution is -2.49. The lowest BCUT2D eigenvalue weighted by Gasteiger charge is -2.22. The fraction of sp³-hybridized carbons (Fsp3) is 0.429. The Morgan fingerprint density at radius 1 is 1.30 bits per heavy atom. The molecule has 1 aromatic rings. The maximum atomic E-state index is 11.7. The Bertz CT molecular complexity index is 460. The van der Waals surface area contributed by atoms with Crippen molar-refractivity contribution in [2.75, 3.05) is 20.1 Å². The molecule has 110 valence electrons. The van der Waals surface area contributed by atoms with Crippen molar-refractivity contribution in [3.8, 4) is 0 Å². The molecule has 0 saturated heterocycles. The van der Waals surface area contributed by atoms with Crippen molar-refractivity contribution >= 4 is 12.0 Å². The largest absolute Gasteiger partial charge is 0.479 e. The second-order valence-electron chi connectivity index (χ2n) is 4.89. The van der Waals surface area contributed by atoms with Gasteiger partial charge in [-0.25, -0.2) is 9.59 Å². The maximum absolute atomic E-state index is 11.7. The predicted molar refractivity (Wildman–Crippen MR) is 74.4 cm³/mol. The van der Waals surface area contributed by atoms with Gasteiger partial charge in [-0.1, -0.05) is 30.3 Å². The molecule has 6 nitrogen and oxygen atoms in total. The van der Waals surface area contributed by atoms with E-state index in [-0.39, 0.29) is 6.54 Å². The van der Waals surface area contributed by atoms with Gasteiger partial charge >= 0.3 is 12.0 Å². The number of hydrogen-bond acceptors (Lipinski definition) is 3. The number of carbonyl (C=O) groups is 2. The Labute approximate surface area is 118 Å². The zero-order valence-electron chi connectivity index (χ0n) is 11.7. The number of nitrogens with one attached hydrogen (secondary N) is 1. The third kappa shape index (κ3) is 4.89. The van der Waals surface area contributed by atoms with Crippen LogP contribution in [0.5, 0.6) is 0 Å². The van der Waals surface area contributed by atoms with E-state index in [1.54, 1.807) is 7.05 Å². The second-order valence-corrected chi connectivity index (χ2v) is 4.89. The lowest BCUT2D eigenvalue weighted by molar-refractivity contribution is -0.155. The first-order chi connectivity index (χ1) is 9.33. The second kappa shape index (κ2) is 6.91. The van der Waals surface area contributed by atoms with Gasteiger partial charge in [-0.2, -0.15) is 0 Å². The van der Waals surface area contributed by atoms with E-state index in [4.69, 9.17) is 5.11 Å². The number of likely N-dealkylation sites (N-methyl/N-ethyl adjacent to an activating group) is 1. The summed E-state index contributed by atoms with van der Waals surface area (Å²) in [6.07, 6.45) is 0.708. The van der Waals surface area contributed by atoms with Gasteiger partial charge in [0.2, 0.25) is 0 Å². The number of rotatable bonds is 6. The van der Waals surface area contributed by atoms with E-state index >= 15 is 0 Å². The van der Waals surface area contributed by atoms with Gasteiger partial charge in [0, 0.05) is 13.6 Å². The summed E-state index contributed by atoms with van der Waals surface area (Å²) in [4.78, 5) is 23.9. The molecule has 0 aliphatic rings. The number of carboxylic acid groups (broad SMARTS) is 1. The zero-order chi connectivity index (χ0) is 15.2. The highest BCUT2D eigenvalue weighted by Crippen LogP contribution is 2.03. The van der Waals surface area contributed by atoms with Crippen LogP contribution in [0.4, 0.5) is 4.79 Å². The highest BCUT2D eigenvalue weighted by atomic mass is 16.4. The maximum Gasteiger partial charge on any atom is 0.337 e. The van der Waals surface area contributed by atoms with E-state index in [9.17, 15) is 14.7 Å². The summed E-state index contributed by atoms with van der Waals surface area (Å²) in [5, 5.41) is 20.6. The third-order valence-electron chi connectivity index (χ3n) is 2.97. The lowest BCUT2D eigenvalue weighted by atomic mass is 10.1. The van der Waals surface area contributed by atoms with Crippen molar-refractivity contribution in [2.45, 2.75) is 18.9 Å². The molecule has 0 heterocycles. The number of carbonyl (C=O) groups excluding carboxylic acids is 1. The molecule has 0 aliphatic carbocycles. The summed E-state index contributed by atoms with van der Waals surface area (Å²) < 4.78 is 0. The summed E-state index contributed by atoms with van der Waals surface area (Å²) in [6, 6.07) is 9.32. The van der Waals surface area contributed by atoms with Crippen LogP contribution >= 0.6 is 0 Å². The smallest absolute Gasteiger partial charge is 0.337 e. The summed E-state index contributed by atoms with van der Waals surface area (Å²) in [5.41, 5.74) is -0.847. The molecule has 20 heavy (non-hydrogen) atoms. The number of hydrogen-bond donors (Lipinski definition) is 3. The summed E-state index contributed by atoms with van der Waals surface area (Å²) in [7, 11) is 1.62. The molecule has 1 aromatic carbocycles. The first-order valence-electron chi connectivity index (χ1n) is 6.31. The van der Waals surface area contributed by atoms with Crippen LogP contribution in [-0.2, 0) is 11.2 Å². The minimum Gasteiger partial charge on any atom is -0.479 e. The van der Waals surface area contributed by atoms with E-state index in [0.29, 0.717) is 13.0 Å². The number of carboxylic acids is 1. The van der Waals surface area contributed by atoms with Gasteiger partial charge in [0.25, 0.3) is 0 Å². The molecule has 0 spiro atoms. The minimum atomic E-state index is -1.96. The Kier molecular flexibility index (Phi) is 5.52. The number of nitrogens with zero attached hydrogens (tertiary/aromatic N) is 1. The fourth-order valence-electron chi connectivity index (χ4n) is 1.50. The molecule has 3 N–H and O–H groups in total. The van der Waals surface area contributed by atoms with Gasteiger partial charge < -0.3 is 20.4 Å². The van der Waals surface area contributed by atoms with Crippen LogP contribution in [0, 0.1) is 0 Å². The van der Waals surface area contributed by atoms with Gasteiger partial charge in [0.05, 0.1) is 6.54 Å². The van der Waals surface area contributed by atoms with Gasteiger partial charge in [0.1, 0.15) is 0 Å². The van der Waals surface area contributed by atoms with E-state index in [0.717, 1.165) is 12.5 Å². The third-order valence-corrected chi connectivity index (χ3v) is 2.97. The van der Waals surface area contributed by atoms with Gasteiger partial charge in [-0.15, -0.1) is 0 Å². The number of benzene rings is 1. The van der Waals surface area contributed by atoms with E-state index in [1.165, 1.54) is 4.90 Å². The average Bonchev–Trinajstić information content (AvgIpc) is 2.43. The molecule has 6 heteroatoms. The van der Waals surface area contributed by atoms with Crippen molar-refractivity contribution in [3.05, 3.63) is 35.9 Å². The molecule has 0 aromatic heterocycles. The van der Waals surface area contributed by atoms with Crippen molar-refractivity contribution in [2.24, 2.45) is 0 Å². The number of urea groups is 1. The first kappa shape index (κ1) is 16.0. The highest BCUT2D eigenvalue weighted by molar-refractivity contribution is 5.79. The minimum absolute atomic E-state index is 0.336. The SMILES string of the molecule is CN(CCc1ccccc1)C(=O)NCC(C)(O)C(=O)O. The molecule has 2 amide bonds. The monoisotopic (exact) mass is 280 g/mol. The highest BCUT2D eigenvalue weighted by Gasteiger charge is 2.30. The molecule has 0 bridgehead atoms. The zero-order valence-corrected chi connectivity index (χ0v) is 11.7. The van der Waals surface area contributed by atoms with Crippen LogP contribution < -0.4 is 5.32 Å². The molecular formula is C14H20N2O4. The predicted octanol–water partition coefficient (Wildman–Crippen LogP) is 0.706. The molecule has 0 saturated carbocycles. The van der Waals surface area contributed by atoms with Crippen molar-refractivity contribution in [3.63, 3.8) is 0 Å². The summed E-state index contributed by atoms with van der Waals surface area (Å²) in [6.45, 7) is 1.31. The van der Waals surface area contributed by atoms with Gasteiger partial charge in [-0.05, 0) is 18.9 Å². The van der Waals surface area contributed by atoms with Gasteiger partial charge in [-0.3, -0.25) is 0 Å². The van der Waals surface area contributed by atoms with Crippen molar-refractivity contribution in [1.29, 1.82) is 0 Å². The van der Waals surface area contributed by atoms with Crippen LogP contribution in [0.3, 0.4) is 0 Å². The standard InChI is InChI=1S/C14H20N2O4/c1-14(20,12(17)18)10-15-13(19)16(2)9-8-11-6-4-3-5-7-11/h3-7,20H,8-10H2,1-2H3,(H,15,19)(H,17,18). The van der Waals surface area contributed by atoms with E-state index in [2.05, 4.69) is 5.32 Å². The fourth-order valence-corrected chi connectivity index (χ4v) is 1.50. The quantitative estimate of drug-likeness (QED) is 0.715. The molecule has 0 aliphatic heterocycles. The molecule has 1 atom stereocenters. The Hall–Kier alpha value is -2.08. The van der Waals surface area contributed by atoms with Crippen LogP contribution in [0.25, 0.3) is 0 Å². The molecule has 0 radical (unpaired) electrons. The van der Waals surface area contributed by atoms with Crippen LogP contribution in [0.1, 0.15) is 12.5 Å².